The lowest BCUT2D eigenvalue weighted by atomic mass is 9.76. The summed E-state index contributed by atoms with van der Waals surface area (Å²) in [5, 5.41) is 0. The first kappa shape index (κ1) is 11.8. The Kier molecular flexibility index (Phi) is 2.57. The Balaban J connectivity index is 2.42. The summed E-state index contributed by atoms with van der Waals surface area (Å²) in [5.41, 5.74) is -0.229. The molecule has 0 fully saturated rings. The van der Waals surface area contributed by atoms with Crippen LogP contribution in [0.5, 0.6) is 0 Å². The van der Waals surface area contributed by atoms with Crippen LogP contribution in [0.25, 0.3) is 0 Å². The van der Waals surface area contributed by atoms with Crippen LogP contribution in [0.4, 0.5) is 0 Å². The normalized spacial score (nSPS) is 24.5. The predicted molar refractivity (Wildman–Crippen MR) is 66.9 cm³/mol. The third-order valence-electron chi connectivity index (χ3n) is 3.39. The number of hydrogen-bond acceptors (Lipinski definition) is 3. The quantitative estimate of drug-likeness (QED) is 0.697. The first-order chi connectivity index (χ1) is 7.84. The Morgan fingerprint density at radius 1 is 1.18 bits per heavy atom. The van der Waals surface area contributed by atoms with Crippen molar-refractivity contribution in [1.82, 2.24) is 0 Å². The molecule has 0 bridgehead atoms. The van der Waals surface area contributed by atoms with E-state index in [0.717, 1.165) is 5.56 Å². The summed E-state index contributed by atoms with van der Waals surface area (Å²) in [6.45, 7) is 7.80. The maximum atomic E-state index is 12.0. The zero-order valence-electron chi connectivity index (χ0n) is 10.7. The lowest BCUT2D eigenvalue weighted by molar-refractivity contribution is -0.141. The summed E-state index contributed by atoms with van der Waals surface area (Å²) in [4.78, 5) is 16.5. The Bertz CT molecular complexity index is 471. The van der Waals surface area contributed by atoms with E-state index in [-0.39, 0.29) is 11.4 Å². The van der Waals surface area contributed by atoms with Crippen LogP contribution in [0, 0.1) is 5.41 Å². The van der Waals surface area contributed by atoms with E-state index >= 15 is 0 Å². The molecule has 0 radical (unpaired) electrons. The Morgan fingerprint density at radius 3 is 2.24 bits per heavy atom. The molecule has 1 unspecified atom stereocenters. The molecule has 1 atom stereocenters. The number of esters is 1. The first-order valence-corrected chi connectivity index (χ1v) is 5.72. The number of cyclic esters (lactones) is 1. The molecule has 0 saturated heterocycles. The number of ether oxygens (including phenoxy) is 1. The number of carbonyl (C=O) groups excluding carboxylic acids is 1. The van der Waals surface area contributed by atoms with Crippen molar-refractivity contribution in [2.24, 2.45) is 10.4 Å². The third kappa shape index (κ3) is 1.86. The van der Waals surface area contributed by atoms with E-state index in [4.69, 9.17) is 4.74 Å². The molecule has 1 aliphatic rings. The predicted octanol–water partition coefficient (Wildman–Crippen LogP) is 2.79. The fraction of sp³-hybridized carbons (Fsp3) is 0.429. The van der Waals surface area contributed by atoms with Gasteiger partial charge >= 0.3 is 5.97 Å². The summed E-state index contributed by atoms with van der Waals surface area (Å²) in [7, 11) is 0. The first-order valence-electron chi connectivity index (χ1n) is 5.72. The molecule has 0 aromatic heterocycles. The molecule has 0 saturated carbocycles. The van der Waals surface area contributed by atoms with Gasteiger partial charge in [-0.25, -0.2) is 9.79 Å². The van der Waals surface area contributed by atoms with Gasteiger partial charge in [-0.05, 0) is 24.5 Å². The van der Waals surface area contributed by atoms with Crippen molar-refractivity contribution in [3.8, 4) is 0 Å². The summed E-state index contributed by atoms with van der Waals surface area (Å²) < 4.78 is 5.30. The van der Waals surface area contributed by atoms with Crippen LogP contribution in [0.2, 0.25) is 0 Å². The minimum atomic E-state index is -0.807. The molecule has 17 heavy (non-hydrogen) atoms. The maximum Gasteiger partial charge on any atom is 0.341 e. The highest BCUT2D eigenvalue weighted by Gasteiger charge is 2.50. The SMILES string of the molecule is CC(C)(C)C1(C)N=C(c2ccccc2)OC1=O. The number of rotatable bonds is 1. The van der Waals surface area contributed by atoms with Crippen molar-refractivity contribution >= 4 is 11.9 Å². The van der Waals surface area contributed by atoms with Crippen molar-refractivity contribution in [3.05, 3.63) is 35.9 Å². The molecule has 1 aliphatic heterocycles. The van der Waals surface area contributed by atoms with E-state index < -0.39 is 5.54 Å². The lowest BCUT2D eigenvalue weighted by Crippen LogP contribution is -2.43. The molecule has 1 heterocycles. The van der Waals surface area contributed by atoms with Crippen molar-refractivity contribution < 1.29 is 9.53 Å². The van der Waals surface area contributed by atoms with Gasteiger partial charge in [-0.1, -0.05) is 39.0 Å². The van der Waals surface area contributed by atoms with Crippen molar-refractivity contribution in [1.29, 1.82) is 0 Å². The molecule has 0 N–H and O–H groups in total. The van der Waals surface area contributed by atoms with Crippen molar-refractivity contribution in [3.63, 3.8) is 0 Å². The zero-order valence-corrected chi connectivity index (χ0v) is 10.7. The van der Waals surface area contributed by atoms with Crippen molar-refractivity contribution in [2.75, 3.05) is 0 Å². The third-order valence-corrected chi connectivity index (χ3v) is 3.39. The van der Waals surface area contributed by atoms with E-state index in [2.05, 4.69) is 4.99 Å². The molecule has 0 amide bonds. The molecule has 3 heteroatoms. The van der Waals surface area contributed by atoms with Crippen LogP contribution in [0.3, 0.4) is 0 Å². The summed E-state index contributed by atoms with van der Waals surface area (Å²) in [5.74, 6) is 0.150. The van der Waals surface area contributed by atoms with Gasteiger partial charge in [-0.15, -0.1) is 0 Å². The maximum absolute atomic E-state index is 12.0. The minimum Gasteiger partial charge on any atom is -0.405 e. The van der Waals surface area contributed by atoms with E-state index in [0.29, 0.717) is 5.90 Å². The molecule has 1 aromatic carbocycles. The van der Waals surface area contributed by atoms with Gasteiger partial charge in [0.2, 0.25) is 5.90 Å². The summed E-state index contributed by atoms with van der Waals surface area (Å²) in [6, 6.07) is 9.50. The van der Waals surface area contributed by atoms with Gasteiger partial charge in [0.05, 0.1) is 0 Å². The second kappa shape index (κ2) is 3.69. The second-order valence-corrected chi connectivity index (χ2v) is 5.49. The van der Waals surface area contributed by atoms with E-state index in [1.807, 2.05) is 58.0 Å². The van der Waals surface area contributed by atoms with Gasteiger partial charge in [0.1, 0.15) is 0 Å². The summed E-state index contributed by atoms with van der Waals surface area (Å²) >= 11 is 0. The van der Waals surface area contributed by atoms with Gasteiger partial charge in [0.15, 0.2) is 5.54 Å². The Hall–Kier alpha value is -1.64. The highest BCUT2D eigenvalue weighted by atomic mass is 16.6. The molecular weight excluding hydrogens is 214 g/mol. The molecule has 90 valence electrons. The monoisotopic (exact) mass is 231 g/mol. The van der Waals surface area contributed by atoms with Crippen molar-refractivity contribution in [2.45, 2.75) is 33.2 Å². The van der Waals surface area contributed by atoms with Gasteiger partial charge in [0.25, 0.3) is 0 Å². The van der Waals surface area contributed by atoms with E-state index in [9.17, 15) is 4.79 Å². The highest BCUT2D eigenvalue weighted by molar-refractivity contribution is 6.08. The van der Waals surface area contributed by atoms with Gasteiger partial charge in [-0.3, -0.25) is 0 Å². The standard InChI is InChI=1S/C14H17NO2/c1-13(2,3)14(4)12(16)17-11(15-14)10-8-6-5-7-9-10/h5-9H,1-4H3. The molecule has 1 aromatic rings. The van der Waals surface area contributed by atoms with Crippen LogP contribution in [-0.4, -0.2) is 17.4 Å². The van der Waals surface area contributed by atoms with Gasteiger partial charge in [-0.2, -0.15) is 0 Å². The molecule has 0 aliphatic carbocycles. The van der Waals surface area contributed by atoms with Gasteiger partial charge in [0, 0.05) is 5.56 Å². The highest BCUT2D eigenvalue weighted by Crippen LogP contribution is 2.38. The fourth-order valence-electron chi connectivity index (χ4n) is 1.64. The molecule has 0 spiro atoms. The van der Waals surface area contributed by atoms with Crippen LogP contribution in [0.15, 0.2) is 35.3 Å². The van der Waals surface area contributed by atoms with Crippen LogP contribution < -0.4 is 0 Å². The van der Waals surface area contributed by atoms with E-state index in [1.165, 1.54) is 0 Å². The number of benzene rings is 1. The average molecular weight is 231 g/mol. The molecule has 3 nitrogen and oxygen atoms in total. The second-order valence-electron chi connectivity index (χ2n) is 5.49. The fourth-order valence-corrected chi connectivity index (χ4v) is 1.64. The van der Waals surface area contributed by atoms with Crippen LogP contribution >= 0.6 is 0 Å². The number of carbonyl (C=O) groups is 1. The smallest absolute Gasteiger partial charge is 0.341 e. The summed E-state index contributed by atoms with van der Waals surface area (Å²) in [6.07, 6.45) is 0. The molecular formula is C14H17NO2. The number of hydrogen-bond donors (Lipinski definition) is 0. The minimum absolute atomic E-state index is 0.263. The largest absolute Gasteiger partial charge is 0.405 e. The topological polar surface area (TPSA) is 38.7 Å². The molecule has 2 rings (SSSR count). The number of aliphatic imine (C=N–C) groups is 1. The Labute approximate surface area is 102 Å². The number of nitrogens with zero attached hydrogens (tertiary/aromatic N) is 1. The lowest BCUT2D eigenvalue weighted by Gasteiger charge is -2.31. The zero-order chi connectivity index (χ0) is 12.7. The van der Waals surface area contributed by atoms with E-state index in [1.54, 1.807) is 0 Å². The van der Waals surface area contributed by atoms with Crippen LogP contribution in [0.1, 0.15) is 33.3 Å². The van der Waals surface area contributed by atoms with Gasteiger partial charge < -0.3 is 4.74 Å². The average Bonchev–Trinajstić information content (AvgIpc) is 2.57. The van der Waals surface area contributed by atoms with Crippen LogP contribution in [-0.2, 0) is 9.53 Å². The Morgan fingerprint density at radius 2 is 1.76 bits per heavy atom.